The van der Waals surface area contributed by atoms with Gasteiger partial charge in [-0.05, 0) is 117 Å². The number of rotatable bonds is 3. The van der Waals surface area contributed by atoms with Crippen LogP contribution in [0.3, 0.4) is 0 Å². The van der Waals surface area contributed by atoms with E-state index in [9.17, 15) is 14.4 Å². The molecule has 0 bridgehead atoms. The Balaban J connectivity index is 0.000000297. The van der Waals surface area contributed by atoms with E-state index in [0.717, 1.165) is 43.1 Å². The molecule has 3 aliphatic carbocycles. The molecule has 0 aromatic carbocycles. The van der Waals surface area contributed by atoms with Crippen LogP contribution in [0.1, 0.15) is 133 Å². The Hall–Kier alpha value is -1.11. The topological polar surface area (TPSA) is 60.9 Å². The first-order valence-electron chi connectivity index (χ1n) is 15.8. The fourth-order valence-electron chi connectivity index (χ4n) is 9.24. The maximum absolute atomic E-state index is 11.4. The van der Waals surface area contributed by atoms with Crippen LogP contribution in [0, 0.1) is 17.8 Å². The molecule has 0 aromatic rings. The SMILES string of the molecule is C.C.C.CC(=O)[C@@H]1C[C@@H]2CCCC[C@@H]2N1C.CC(=O)[C@@H]1C[C@@H]2CCC[C@@H]2N1C.CC(=O)[C@@H]1C[C@H]2CCCC[C@@H]2N1C. The molecular formula is C35H67N3O3. The second-order valence-electron chi connectivity index (χ2n) is 13.6. The third-order valence-corrected chi connectivity index (χ3v) is 11.4. The lowest BCUT2D eigenvalue weighted by atomic mass is 9.84. The number of nitrogens with zero attached hydrogens (tertiary/aromatic N) is 3. The lowest BCUT2D eigenvalue weighted by Gasteiger charge is -2.30. The second kappa shape index (κ2) is 16.7. The fraction of sp³-hybridized carbons (Fsp3) is 0.914. The van der Waals surface area contributed by atoms with Gasteiger partial charge in [0.2, 0.25) is 0 Å². The molecule has 0 N–H and O–H groups in total. The van der Waals surface area contributed by atoms with Crippen LogP contribution in [-0.2, 0) is 14.4 Å². The van der Waals surface area contributed by atoms with Gasteiger partial charge in [-0.15, -0.1) is 0 Å². The number of fused-ring (bicyclic) bond motifs is 3. The fourth-order valence-corrected chi connectivity index (χ4v) is 9.24. The van der Waals surface area contributed by atoms with Crippen LogP contribution in [-0.4, -0.2) is 89.4 Å². The Labute approximate surface area is 254 Å². The van der Waals surface area contributed by atoms with E-state index in [0.29, 0.717) is 29.4 Å². The first-order chi connectivity index (χ1) is 18.1. The molecule has 3 aliphatic heterocycles. The maximum Gasteiger partial charge on any atom is 0.146 e. The van der Waals surface area contributed by atoms with Gasteiger partial charge < -0.3 is 0 Å². The Morgan fingerprint density at radius 3 is 0.951 bits per heavy atom. The lowest BCUT2D eigenvalue weighted by Crippen LogP contribution is -2.38. The zero-order valence-electron chi connectivity index (χ0n) is 25.2. The van der Waals surface area contributed by atoms with Crippen molar-refractivity contribution in [2.24, 2.45) is 17.8 Å². The summed E-state index contributed by atoms with van der Waals surface area (Å²) in [6.07, 6.45) is 18.2. The van der Waals surface area contributed by atoms with Crippen LogP contribution >= 0.6 is 0 Å². The molecule has 3 saturated heterocycles. The summed E-state index contributed by atoms with van der Waals surface area (Å²) >= 11 is 0. The van der Waals surface area contributed by atoms with Gasteiger partial charge in [0.25, 0.3) is 0 Å². The summed E-state index contributed by atoms with van der Waals surface area (Å²) in [6.45, 7) is 5.19. The van der Waals surface area contributed by atoms with Crippen LogP contribution in [0.15, 0.2) is 0 Å². The van der Waals surface area contributed by atoms with Crippen molar-refractivity contribution < 1.29 is 14.4 Å². The van der Waals surface area contributed by atoms with Crippen molar-refractivity contribution in [1.82, 2.24) is 14.7 Å². The summed E-state index contributed by atoms with van der Waals surface area (Å²) in [4.78, 5) is 40.9. The van der Waals surface area contributed by atoms with Gasteiger partial charge in [0.15, 0.2) is 0 Å². The third kappa shape index (κ3) is 8.50. The highest BCUT2D eigenvalue weighted by Gasteiger charge is 2.44. The van der Waals surface area contributed by atoms with Gasteiger partial charge in [-0.25, -0.2) is 0 Å². The zero-order valence-corrected chi connectivity index (χ0v) is 25.2. The van der Waals surface area contributed by atoms with Gasteiger partial charge in [-0.2, -0.15) is 0 Å². The normalized spacial score (nSPS) is 37.8. The van der Waals surface area contributed by atoms with Gasteiger partial charge in [-0.3, -0.25) is 29.1 Å². The molecule has 0 aromatic heterocycles. The Bertz CT molecular complexity index is 801. The molecule has 240 valence electrons. The molecule has 6 nitrogen and oxygen atoms in total. The van der Waals surface area contributed by atoms with Crippen molar-refractivity contribution in [2.45, 2.75) is 169 Å². The average molecular weight is 578 g/mol. The van der Waals surface area contributed by atoms with Crippen molar-refractivity contribution in [3.63, 3.8) is 0 Å². The molecule has 6 rings (SSSR count). The van der Waals surface area contributed by atoms with Crippen LogP contribution in [0.25, 0.3) is 0 Å². The van der Waals surface area contributed by atoms with Crippen molar-refractivity contribution in [1.29, 1.82) is 0 Å². The third-order valence-electron chi connectivity index (χ3n) is 11.4. The molecule has 41 heavy (non-hydrogen) atoms. The Kier molecular flexibility index (Phi) is 15.4. The molecule has 6 fully saturated rings. The average Bonchev–Trinajstić information content (AvgIpc) is 3.64. The summed E-state index contributed by atoms with van der Waals surface area (Å²) < 4.78 is 0. The molecule has 6 aliphatic rings. The highest BCUT2D eigenvalue weighted by molar-refractivity contribution is 5.82. The minimum atomic E-state index is 0. The molecule has 3 saturated carbocycles. The maximum atomic E-state index is 11.4. The molecule has 6 heteroatoms. The van der Waals surface area contributed by atoms with E-state index in [4.69, 9.17) is 0 Å². The zero-order chi connectivity index (χ0) is 27.6. The summed E-state index contributed by atoms with van der Waals surface area (Å²) in [5, 5.41) is 0. The minimum absolute atomic E-state index is 0. The second-order valence-corrected chi connectivity index (χ2v) is 13.6. The first kappa shape index (κ1) is 37.9. The minimum Gasteiger partial charge on any atom is -0.298 e. The van der Waals surface area contributed by atoms with Crippen LogP contribution in [0.2, 0.25) is 0 Å². The standard InChI is InChI=1S/2C11H19NO.C10H17NO.3CH4/c2*1-8(13)11-7-9-5-3-4-6-10(9)12(11)2;1-7(12)10-6-8-4-3-5-9(8)11(10)2;;;/h2*9-11H,3-7H2,1-2H3;8-10H,3-6H2,1-2H3;3*1H4/t9-,10+,11+;9-,10-,11-;8-,9-,10-;;;/m100.../s1. The van der Waals surface area contributed by atoms with Crippen LogP contribution < -0.4 is 0 Å². The molecule has 0 amide bonds. The van der Waals surface area contributed by atoms with Gasteiger partial charge >= 0.3 is 0 Å². The van der Waals surface area contributed by atoms with E-state index < -0.39 is 0 Å². The van der Waals surface area contributed by atoms with Crippen LogP contribution in [0.5, 0.6) is 0 Å². The number of Topliss-reactive ketones (excluding diaryl/α,β-unsaturated/α-hetero) is 3. The molecule has 3 heterocycles. The van der Waals surface area contributed by atoms with Crippen molar-refractivity contribution >= 4 is 17.3 Å². The molecular weight excluding hydrogens is 510 g/mol. The molecule has 0 spiro atoms. The number of likely N-dealkylation sites (N-methyl/N-ethyl adjacent to an activating group) is 3. The molecule has 0 radical (unpaired) electrons. The largest absolute Gasteiger partial charge is 0.298 e. The smallest absolute Gasteiger partial charge is 0.146 e. The number of carbonyl (C=O) groups excluding carboxylic acids is 3. The number of ketones is 3. The first-order valence-corrected chi connectivity index (χ1v) is 15.8. The van der Waals surface area contributed by atoms with E-state index in [1.807, 2.05) is 0 Å². The highest BCUT2D eigenvalue weighted by atomic mass is 16.1. The van der Waals surface area contributed by atoms with Gasteiger partial charge in [0, 0.05) is 18.1 Å². The molecule has 9 atom stereocenters. The monoisotopic (exact) mass is 578 g/mol. The predicted molar refractivity (Wildman–Crippen MR) is 173 cm³/mol. The quantitative estimate of drug-likeness (QED) is 0.359. The number of hydrogen-bond donors (Lipinski definition) is 0. The van der Waals surface area contributed by atoms with Crippen molar-refractivity contribution in [3.05, 3.63) is 0 Å². The number of hydrogen-bond acceptors (Lipinski definition) is 6. The number of carbonyl (C=O) groups is 3. The van der Waals surface area contributed by atoms with E-state index in [-0.39, 0.29) is 40.4 Å². The van der Waals surface area contributed by atoms with Gasteiger partial charge in [-0.1, -0.05) is 54.4 Å². The van der Waals surface area contributed by atoms with Crippen molar-refractivity contribution in [3.8, 4) is 0 Å². The summed E-state index contributed by atoms with van der Waals surface area (Å²) in [6, 6.07) is 2.84. The van der Waals surface area contributed by atoms with Crippen molar-refractivity contribution in [2.75, 3.05) is 21.1 Å². The predicted octanol–water partition coefficient (Wildman–Crippen LogP) is 7.03. The van der Waals surface area contributed by atoms with Gasteiger partial charge in [0.1, 0.15) is 17.3 Å². The summed E-state index contributed by atoms with van der Waals surface area (Å²) in [5.41, 5.74) is 0. The molecule has 0 unspecified atom stereocenters. The lowest BCUT2D eigenvalue weighted by molar-refractivity contribution is -0.122. The van der Waals surface area contributed by atoms with E-state index in [1.54, 1.807) is 20.8 Å². The van der Waals surface area contributed by atoms with E-state index >= 15 is 0 Å². The van der Waals surface area contributed by atoms with Gasteiger partial charge in [0.05, 0.1) is 18.1 Å². The summed E-state index contributed by atoms with van der Waals surface area (Å²) in [5.74, 6) is 3.52. The Morgan fingerprint density at radius 2 is 0.683 bits per heavy atom. The van der Waals surface area contributed by atoms with E-state index in [2.05, 4.69) is 35.8 Å². The van der Waals surface area contributed by atoms with E-state index in [1.165, 1.54) is 70.6 Å². The summed E-state index contributed by atoms with van der Waals surface area (Å²) in [7, 11) is 6.37. The van der Waals surface area contributed by atoms with Crippen LogP contribution in [0.4, 0.5) is 0 Å². The highest BCUT2D eigenvalue weighted by Crippen LogP contribution is 2.41. The Morgan fingerprint density at radius 1 is 0.439 bits per heavy atom. The number of likely N-dealkylation sites (tertiary alicyclic amines) is 3.